The molecule has 0 saturated carbocycles. The van der Waals surface area contributed by atoms with E-state index in [0.717, 1.165) is 0 Å². The van der Waals surface area contributed by atoms with Gasteiger partial charge in [-0.15, -0.1) is 0 Å². The van der Waals surface area contributed by atoms with Gasteiger partial charge < -0.3 is 10.7 Å². The van der Waals surface area contributed by atoms with Gasteiger partial charge in [0.2, 0.25) is 5.91 Å². The number of nitrogens with zero attached hydrogens (tertiary/aromatic N) is 1. The molecule has 5 heteroatoms. The van der Waals surface area contributed by atoms with Gasteiger partial charge in [-0.1, -0.05) is 12.1 Å². The van der Waals surface area contributed by atoms with Crippen molar-refractivity contribution >= 4 is 23.6 Å². The highest BCUT2D eigenvalue weighted by Gasteiger charge is 2.00. The molecule has 0 aliphatic heterocycles. The van der Waals surface area contributed by atoms with Gasteiger partial charge in [0.1, 0.15) is 6.34 Å². The Bertz CT molecular complexity index is 348. The van der Waals surface area contributed by atoms with Crippen molar-refractivity contribution in [2.45, 2.75) is 6.92 Å². The molecule has 0 aliphatic rings. The van der Waals surface area contributed by atoms with Crippen molar-refractivity contribution in [3.8, 4) is 0 Å². The molecule has 4 N–H and O–H groups in total. The molecular formula is C9H12N4O. The molecule has 0 radical (unpaired) electrons. The van der Waals surface area contributed by atoms with Crippen LogP contribution in [-0.4, -0.2) is 12.2 Å². The van der Waals surface area contributed by atoms with Gasteiger partial charge in [0, 0.05) is 6.92 Å². The lowest BCUT2D eigenvalue weighted by molar-refractivity contribution is -0.114. The summed E-state index contributed by atoms with van der Waals surface area (Å²) in [6, 6.07) is 7.19. The average Bonchev–Trinajstić information content (AvgIpc) is 2.16. The van der Waals surface area contributed by atoms with E-state index in [-0.39, 0.29) is 5.91 Å². The first-order valence-electron chi connectivity index (χ1n) is 4.09. The number of nitrogens with two attached hydrogens (primary N) is 1. The number of anilines is 1. The number of carbonyl (C=O) groups is 1. The van der Waals surface area contributed by atoms with Crippen molar-refractivity contribution < 1.29 is 4.79 Å². The fraction of sp³-hybridized carbons (Fsp3) is 0.111. The summed E-state index contributed by atoms with van der Waals surface area (Å²) in [4.78, 5) is 14.8. The molecule has 0 bridgehead atoms. The van der Waals surface area contributed by atoms with E-state index in [1.54, 1.807) is 12.1 Å². The summed E-state index contributed by atoms with van der Waals surface area (Å²) in [6.45, 7) is 1.45. The van der Waals surface area contributed by atoms with Gasteiger partial charge in [-0.2, -0.15) is 0 Å². The first-order chi connectivity index (χ1) is 6.74. The first kappa shape index (κ1) is 10.2. The summed E-state index contributed by atoms with van der Waals surface area (Å²) < 4.78 is 0. The zero-order chi connectivity index (χ0) is 10.4. The van der Waals surface area contributed by atoms with Crippen LogP contribution < -0.4 is 16.6 Å². The van der Waals surface area contributed by atoms with Crippen LogP contribution in [0.2, 0.25) is 0 Å². The molecule has 0 fully saturated rings. The number of benzene rings is 1. The van der Waals surface area contributed by atoms with E-state index in [9.17, 15) is 4.79 Å². The minimum atomic E-state index is -0.131. The standard InChI is InChI=1S/C9H12N4O/c1-7(14)13-9-5-3-2-4-8(9)11-6-12-10/h2-6H,10H2,1H3,(H,11,12)(H,13,14). The van der Waals surface area contributed by atoms with Gasteiger partial charge in [0.25, 0.3) is 0 Å². The number of hydrogen-bond acceptors (Lipinski definition) is 3. The van der Waals surface area contributed by atoms with E-state index in [2.05, 4.69) is 15.7 Å². The molecule has 1 rings (SSSR count). The Morgan fingerprint density at radius 2 is 2.21 bits per heavy atom. The van der Waals surface area contributed by atoms with Crippen LogP contribution in [0.4, 0.5) is 11.4 Å². The van der Waals surface area contributed by atoms with E-state index < -0.39 is 0 Å². The average molecular weight is 192 g/mol. The summed E-state index contributed by atoms with van der Waals surface area (Å²) >= 11 is 0. The molecular weight excluding hydrogens is 180 g/mol. The van der Waals surface area contributed by atoms with E-state index in [4.69, 9.17) is 5.84 Å². The minimum Gasteiger partial charge on any atom is -0.324 e. The van der Waals surface area contributed by atoms with E-state index in [1.165, 1.54) is 13.3 Å². The fourth-order valence-corrected chi connectivity index (χ4v) is 0.988. The number of amides is 1. The molecule has 74 valence electrons. The number of hydrazine groups is 1. The normalized spacial score (nSPS) is 10.1. The fourth-order valence-electron chi connectivity index (χ4n) is 0.988. The third-order valence-corrected chi connectivity index (χ3v) is 1.49. The lowest BCUT2D eigenvalue weighted by Crippen LogP contribution is -2.18. The van der Waals surface area contributed by atoms with Crippen LogP contribution in [0.25, 0.3) is 0 Å². The molecule has 0 aromatic heterocycles. The predicted molar refractivity (Wildman–Crippen MR) is 56.2 cm³/mol. The van der Waals surface area contributed by atoms with Gasteiger partial charge in [-0.05, 0) is 12.1 Å². The van der Waals surface area contributed by atoms with Crippen LogP contribution in [0.1, 0.15) is 6.92 Å². The molecule has 5 nitrogen and oxygen atoms in total. The highest BCUT2D eigenvalue weighted by atomic mass is 16.1. The zero-order valence-electron chi connectivity index (χ0n) is 7.82. The highest BCUT2D eigenvalue weighted by Crippen LogP contribution is 2.23. The lowest BCUT2D eigenvalue weighted by atomic mass is 10.2. The number of rotatable bonds is 3. The Hall–Kier alpha value is -1.88. The number of hydrogen-bond donors (Lipinski definition) is 3. The van der Waals surface area contributed by atoms with Crippen LogP contribution in [0.5, 0.6) is 0 Å². The molecule has 0 spiro atoms. The van der Waals surface area contributed by atoms with Crippen molar-refractivity contribution in [3.63, 3.8) is 0 Å². The predicted octanol–water partition coefficient (Wildman–Crippen LogP) is 0.768. The van der Waals surface area contributed by atoms with Gasteiger partial charge >= 0.3 is 0 Å². The SMILES string of the molecule is CC(=O)Nc1ccccc1N=CNN. The maximum absolute atomic E-state index is 10.8. The highest BCUT2D eigenvalue weighted by molar-refractivity contribution is 5.92. The van der Waals surface area contributed by atoms with Crippen LogP contribution in [0.3, 0.4) is 0 Å². The Balaban J connectivity index is 2.90. The second-order valence-electron chi connectivity index (χ2n) is 2.62. The Morgan fingerprint density at radius 1 is 1.50 bits per heavy atom. The van der Waals surface area contributed by atoms with Crippen molar-refractivity contribution in [1.29, 1.82) is 0 Å². The molecule has 0 aliphatic carbocycles. The largest absolute Gasteiger partial charge is 0.324 e. The van der Waals surface area contributed by atoms with Crippen LogP contribution in [0.15, 0.2) is 29.3 Å². The van der Waals surface area contributed by atoms with Crippen LogP contribution in [0, 0.1) is 0 Å². The quantitative estimate of drug-likeness (QED) is 0.286. The van der Waals surface area contributed by atoms with Crippen LogP contribution in [-0.2, 0) is 4.79 Å². The molecule has 0 atom stereocenters. The number of carbonyl (C=O) groups excluding carboxylic acids is 1. The van der Waals surface area contributed by atoms with E-state index in [1.807, 2.05) is 12.1 Å². The second kappa shape index (κ2) is 4.98. The van der Waals surface area contributed by atoms with Crippen LogP contribution >= 0.6 is 0 Å². The minimum absolute atomic E-state index is 0.131. The van der Waals surface area contributed by atoms with Crippen molar-refractivity contribution in [2.75, 3.05) is 5.32 Å². The second-order valence-corrected chi connectivity index (χ2v) is 2.62. The smallest absolute Gasteiger partial charge is 0.221 e. The Kier molecular flexibility index (Phi) is 3.63. The van der Waals surface area contributed by atoms with Gasteiger partial charge in [0.05, 0.1) is 11.4 Å². The number of aliphatic imine (C=N–C) groups is 1. The summed E-state index contributed by atoms with van der Waals surface area (Å²) in [5.41, 5.74) is 3.60. The molecule has 14 heavy (non-hydrogen) atoms. The zero-order valence-corrected chi connectivity index (χ0v) is 7.82. The monoisotopic (exact) mass is 192 g/mol. The first-order valence-corrected chi connectivity index (χ1v) is 4.09. The Labute approximate surface area is 82.0 Å². The van der Waals surface area contributed by atoms with Gasteiger partial charge in [-0.25, -0.2) is 10.8 Å². The van der Waals surface area contributed by atoms with Gasteiger partial charge in [-0.3, -0.25) is 4.79 Å². The molecule has 1 aromatic rings. The number of para-hydroxylation sites is 2. The van der Waals surface area contributed by atoms with Crippen molar-refractivity contribution in [2.24, 2.45) is 10.8 Å². The van der Waals surface area contributed by atoms with Crippen molar-refractivity contribution in [3.05, 3.63) is 24.3 Å². The molecule has 1 aromatic carbocycles. The lowest BCUT2D eigenvalue weighted by Gasteiger charge is -2.04. The maximum Gasteiger partial charge on any atom is 0.221 e. The molecule has 0 unspecified atom stereocenters. The molecule has 1 amide bonds. The van der Waals surface area contributed by atoms with E-state index in [0.29, 0.717) is 11.4 Å². The Morgan fingerprint density at radius 3 is 2.86 bits per heavy atom. The summed E-state index contributed by atoms with van der Waals surface area (Å²) in [7, 11) is 0. The topological polar surface area (TPSA) is 79.5 Å². The summed E-state index contributed by atoms with van der Waals surface area (Å²) in [6.07, 6.45) is 1.35. The molecule has 0 saturated heterocycles. The third-order valence-electron chi connectivity index (χ3n) is 1.49. The number of nitrogens with one attached hydrogen (secondary N) is 2. The third kappa shape index (κ3) is 2.87. The molecule has 0 heterocycles. The van der Waals surface area contributed by atoms with E-state index >= 15 is 0 Å². The summed E-state index contributed by atoms with van der Waals surface area (Å²) in [5, 5.41) is 2.66. The summed E-state index contributed by atoms with van der Waals surface area (Å²) in [5.74, 6) is 4.91. The van der Waals surface area contributed by atoms with Gasteiger partial charge in [0.15, 0.2) is 0 Å². The maximum atomic E-state index is 10.8. The van der Waals surface area contributed by atoms with Crippen molar-refractivity contribution in [1.82, 2.24) is 5.43 Å².